The van der Waals surface area contributed by atoms with E-state index < -0.39 is 11.0 Å². The molecule has 4 aliphatic rings. The summed E-state index contributed by atoms with van der Waals surface area (Å²) in [5.74, 6) is 0.271. The van der Waals surface area contributed by atoms with E-state index in [2.05, 4.69) is 0 Å². The van der Waals surface area contributed by atoms with Crippen molar-refractivity contribution in [3.63, 3.8) is 0 Å². The predicted octanol–water partition coefficient (Wildman–Crippen LogP) is 3.54. The average molecular weight is 504 g/mol. The molecule has 6 rings (SSSR count). The zero-order chi connectivity index (χ0) is 26.0. The highest BCUT2D eigenvalue weighted by Gasteiger charge is 2.67. The molecule has 2 unspecified atom stereocenters. The minimum absolute atomic E-state index is 0.129. The molecule has 0 radical (unpaired) electrons. The van der Waals surface area contributed by atoms with Gasteiger partial charge in [-0.05, 0) is 49.5 Å². The molecule has 1 aromatic heterocycles. The number of piperidine rings is 1. The van der Waals surface area contributed by atoms with Crippen molar-refractivity contribution in [2.75, 3.05) is 27.2 Å². The van der Waals surface area contributed by atoms with Gasteiger partial charge >= 0.3 is 0 Å². The number of benzene rings is 1. The van der Waals surface area contributed by atoms with Gasteiger partial charge < -0.3 is 19.5 Å². The van der Waals surface area contributed by atoms with E-state index in [1.54, 1.807) is 20.3 Å². The Labute approximate surface area is 218 Å². The molecule has 3 aliphatic carbocycles. The van der Waals surface area contributed by atoms with E-state index in [4.69, 9.17) is 0 Å². The smallest absolute Gasteiger partial charge is 0.255 e. The van der Waals surface area contributed by atoms with Crippen LogP contribution in [-0.2, 0) is 11.3 Å². The van der Waals surface area contributed by atoms with Crippen molar-refractivity contribution < 1.29 is 14.7 Å². The number of likely N-dealkylation sites (tertiary alicyclic amines) is 1. The summed E-state index contributed by atoms with van der Waals surface area (Å²) in [6, 6.07) is 11.0. The second-order valence-corrected chi connectivity index (χ2v) is 12.3. The molecule has 3 saturated carbocycles. The van der Waals surface area contributed by atoms with Crippen LogP contribution in [0, 0.1) is 16.7 Å². The molecular weight excluding hydrogens is 466 g/mol. The van der Waals surface area contributed by atoms with Gasteiger partial charge in [0.2, 0.25) is 5.91 Å². The summed E-state index contributed by atoms with van der Waals surface area (Å²) in [5.41, 5.74) is 0.397. The fourth-order valence-corrected chi connectivity index (χ4v) is 7.16. The molecule has 2 heterocycles. The molecule has 2 aromatic rings. The number of aliphatic hydroxyl groups is 1. The molecule has 196 valence electrons. The number of carbonyl (C=O) groups is 2. The van der Waals surface area contributed by atoms with E-state index in [1.165, 1.54) is 28.4 Å². The van der Waals surface area contributed by atoms with Crippen molar-refractivity contribution in [3.8, 4) is 11.1 Å². The van der Waals surface area contributed by atoms with Crippen LogP contribution in [0.25, 0.3) is 11.1 Å². The number of hydrogen-bond acceptors (Lipinski definition) is 4. The monoisotopic (exact) mass is 503 g/mol. The quantitative estimate of drug-likeness (QED) is 0.677. The summed E-state index contributed by atoms with van der Waals surface area (Å²) >= 11 is 0. The first kappa shape index (κ1) is 24.4. The highest BCUT2D eigenvalue weighted by molar-refractivity contribution is 6.00. The van der Waals surface area contributed by atoms with Crippen molar-refractivity contribution in [3.05, 3.63) is 58.5 Å². The standard InChI is InChI=1S/C30H37N3O4/c1-31(2)26(35)23-18-33(25(34)16-22(23)21-8-4-3-5-9-21)20-30(37)14-15-32(19-29(30)10-6-7-11-29)27(36)24-17-28(24)12-13-28/h3-5,8-9,16,18,24,37H,6-7,10-15,17,19-20H2,1-2H3. The Morgan fingerprint density at radius 1 is 1.05 bits per heavy atom. The Morgan fingerprint density at radius 2 is 1.76 bits per heavy atom. The van der Waals surface area contributed by atoms with Crippen LogP contribution in [0.3, 0.4) is 0 Å². The number of pyridine rings is 1. The van der Waals surface area contributed by atoms with Crippen LogP contribution >= 0.6 is 0 Å². The lowest BCUT2D eigenvalue weighted by Crippen LogP contribution is -2.62. The second kappa shape index (κ2) is 8.55. The number of carbonyl (C=O) groups excluding carboxylic acids is 2. The van der Waals surface area contributed by atoms with Gasteiger partial charge in [0.25, 0.3) is 11.5 Å². The van der Waals surface area contributed by atoms with Gasteiger partial charge in [-0.3, -0.25) is 14.4 Å². The normalized spacial score (nSPS) is 26.9. The largest absolute Gasteiger partial charge is 0.387 e. The fraction of sp³-hybridized carbons (Fsp3) is 0.567. The molecule has 37 heavy (non-hydrogen) atoms. The van der Waals surface area contributed by atoms with E-state index in [0.29, 0.717) is 36.1 Å². The van der Waals surface area contributed by atoms with Gasteiger partial charge in [-0.25, -0.2) is 0 Å². The Hall–Kier alpha value is -2.93. The first-order chi connectivity index (χ1) is 17.7. The first-order valence-electron chi connectivity index (χ1n) is 13.7. The third kappa shape index (κ3) is 4.02. The van der Waals surface area contributed by atoms with Gasteiger partial charge in [0.05, 0.1) is 17.7 Å². The van der Waals surface area contributed by atoms with Gasteiger partial charge in [-0.2, -0.15) is 0 Å². The lowest BCUT2D eigenvalue weighted by atomic mass is 9.65. The second-order valence-electron chi connectivity index (χ2n) is 12.3. The molecule has 1 saturated heterocycles. The van der Waals surface area contributed by atoms with Crippen LogP contribution in [0.2, 0.25) is 0 Å². The third-order valence-electron chi connectivity index (χ3n) is 9.81. The van der Waals surface area contributed by atoms with E-state index >= 15 is 0 Å². The molecule has 7 heteroatoms. The lowest BCUT2D eigenvalue weighted by molar-refractivity contribution is -0.161. The molecule has 1 N–H and O–H groups in total. The van der Waals surface area contributed by atoms with E-state index in [-0.39, 0.29) is 29.8 Å². The van der Waals surface area contributed by atoms with E-state index in [1.807, 2.05) is 35.2 Å². The number of hydrogen-bond donors (Lipinski definition) is 1. The molecule has 7 nitrogen and oxygen atoms in total. The summed E-state index contributed by atoms with van der Waals surface area (Å²) in [4.78, 5) is 43.4. The predicted molar refractivity (Wildman–Crippen MR) is 141 cm³/mol. The summed E-state index contributed by atoms with van der Waals surface area (Å²) < 4.78 is 1.53. The summed E-state index contributed by atoms with van der Waals surface area (Å²) in [7, 11) is 3.40. The van der Waals surface area contributed by atoms with Gasteiger partial charge in [0.1, 0.15) is 0 Å². The minimum Gasteiger partial charge on any atom is -0.387 e. The molecular formula is C30H37N3O4. The molecule has 0 bridgehead atoms. The molecule has 1 aromatic carbocycles. The van der Waals surface area contributed by atoms with Crippen LogP contribution in [0.1, 0.15) is 61.7 Å². The SMILES string of the molecule is CN(C)C(=O)c1cn(CC2(O)CCN(C(=O)C3CC34CC4)CC23CCCC3)c(=O)cc1-c1ccccc1. The Bertz CT molecular complexity index is 1290. The van der Waals surface area contributed by atoms with E-state index in [0.717, 1.165) is 37.7 Å². The molecule has 2 spiro atoms. The van der Waals surface area contributed by atoms with Crippen molar-refractivity contribution in [1.82, 2.24) is 14.4 Å². The molecule has 4 fully saturated rings. The van der Waals surface area contributed by atoms with Crippen LogP contribution < -0.4 is 5.56 Å². The maximum absolute atomic E-state index is 13.4. The third-order valence-corrected chi connectivity index (χ3v) is 9.81. The minimum atomic E-state index is -1.11. The maximum Gasteiger partial charge on any atom is 0.255 e. The zero-order valence-corrected chi connectivity index (χ0v) is 21.9. The van der Waals surface area contributed by atoms with Gasteiger partial charge in [-0.15, -0.1) is 0 Å². The van der Waals surface area contributed by atoms with Crippen LogP contribution in [0.4, 0.5) is 0 Å². The van der Waals surface area contributed by atoms with Crippen molar-refractivity contribution >= 4 is 11.8 Å². The highest BCUT2D eigenvalue weighted by atomic mass is 16.3. The molecule has 2 amide bonds. The Kier molecular flexibility index (Phi) is 5.64. The zero-order valence-electron chi connectivity index (χ0n) is 21.9. The average Bonchev–Trinajstić information content (AvgIpc) is 3.78. The van der Waals surface area contributed by atoms with Crippen LogP contribution in [0.5, 0.6) is 0 Å². The number of aromatic nitrogens is 1. The number of rotatable bonds is 5. The fourth-order valence-electron chi connectivity index (χ4n) is 7.16. The first-order valence-corrected chi connectivity index (χ1v) is 13.7. The topological polar surface area (TPSA) is 82.8 Å². The van der Waals surface area contributed by atoms with Crippen molar-refractivity contribution in [1.29, 1.82) is 0 Å². The number of amides is 2. The van der Waals surface area contributed by atoms with Crippen LogP contribution in [0.15, 0.2) is 47.4 Å². The highest BCUT2D eigenvalue weighted by Crippen LogP contribution is 2.71. The summed E-state index contributed by atoms with van der Waals surface area (Å²) in [6.07, 6.45) is 9.21. The Balaban J connectivity index is 1.32. The van der Waals surface area contributed by atoms with Crippen molar-refractivity contribution in [2.45, 2.75) is 63.5 Å². The lowest BCUT2D eigenvalue weighted by Gasteiger charge is -2.52. The maximum atomic E-state index is 13.4. The summed E-state index contributed by atoms with van der Waals surface area (Å²) in [6.45, 7) is 1.21. The van der Waals surface area contributed by atoms with Gasteiger partial charge in [-0.1, -0.05) is 43.2 Å². The van der Waals surface area contributed by atoms with Gasteiger partial charge in [0.15, 0.2) is 0 Å². The molecule has 1 aliphatic heterocycles. The molecule has 2 atom stereocenters. The van der Waals surface area contributed by atoms with Crippen molar-refractivity contribution in [2.24, 2.45) is 16.7 Å². The summed E-state index contributed by atoms with van der Waals surface area (Å²) in [5, 5.41) is 12.2. The van der Waals surface area contributed by atoms with Gasteiger partial charge in [0, 0.05) is 56.3 Å². The van der Waals surface area contributed by atoms with Crippen LogP contribution in [-0.4, -0.2) is 64.1 Å². The van der Waals surface area contributed by atoms with E-state index in [9.17, 15) is 19.5 Å². The number of nitrogens with zero attached hydrogens (tertiary/aromatic N) is 3. The Morgan fingerprint density at radius 3 is 2.38 bits per heavy atom.